The lowest BCUT2D eigenvalue weighted by molar-refractivity contribution is 0.731. The van der Waals surface area contributed by atoms with Gasteiger partial charge in [0, 0.05) is 18.2 Å². The van der Waals surface area contributed by atoms with Gasteiger partial charge < -0.3 is 11.5 Å². The normalized spacial score (nSPS) is 12.9. The zero-order chi connectivity index (χ0) is 10.0. The number of aromatic nitrogens is 2. The van der Waals surface area contributed by atoms with Gasteiger partial charge in [-0.1, -0.05) is 6.92 Å². The summed E-state index contributed by atoms with van der Waals surface area (Å²) in [5.74, 6) is 0.572. The summed E-state index contributed by atoms with van der Waals surface area (Å²) < 4.78 is 0. The largest absolute Gasteiger partial charge is 0.368 e. The monoisotopic (exact) mass is 180 g/mol. The van der Waals surface area contributed by atoms with Crippen molar-refractivity contribution in [2.24, 2.45) is 5.73 Å². The van der Waals surface area contributed by atoms with Crippen LogP contribution in [-0.4, -0.2) is 16.5 Å². The van der Waals surface area contributed by atoms with Crippen LogP contribution in [0, 0.1) is 13.8 Å². The molecular weight excluding hydrogens is 164 g/mol. The van der Waals surface area contributed by atoms with E-state index in [0.29, 0.717) is 12.5 Å². The summed E-state index contributed by atoms with van der Waals surface area (Å²) in [7, 11) is 0. The number of nitrogens with two attached hydrogens (primary N) is 2. The molecule has 0 spiro atoms. The number of anilines is 1. The van der Waals surface area contributed by atoms with Gasteiger partial charge in [0.05, 0.1) is 5.69 Å². The molecule has 1 aromatic heterocycles. The van der Waals surface area contributed by atoms with E-state index in [0.717, 1.165) is 17.0 Å². The smallest absolute Gasteiger partial charge is 0.220 e. The lowest BCUT2D eigenvalue weighted by Gasteiger charge is -2.12. The molecule has 72 valence electrons. The van der Waals surface area contributed by atoms with Crippen LogP contribution in [0.25, 0.3) is 0 Å². The second-order valence-corrected chi connectivity index (χ2v) is 3.31. The maximum atomic E-state index is 5.57. The van der Waals surface area contributed by atoms with Gasteiger partial charge in [-0.3, -0.25) is 0 Å². The van der Waals surface area contributed by atoms with E-state index in [9.17, 15) is 0 Å². The molecule has 1 atom stereocenters. The molecule has 1 aromatic rings. The summed E-state index contributed by atoms with van der Waals surface area (Å²) in [6.07, 6.45) is 0. The second kappa shape index (κ2) is 3.70. The minimum absolute atomic E-state index is 0.240. The lowest BCUT2D eigenvalue weighted by atomic mass is 10.0. The summed E-state index contributed by atoms with van der Waals surface area (Å²) in [6.45, 7) is 6.54. The molecule has 4 heteroatoms. The van der Waals surface area contributed by atoms with Gasteiger partial charge >= 0.3 is 0 Å². The first-order valence-corrected chi connectivity index (χ1v) is 4.37. The van der Waals surface area contributed by atoms with E-state index in [1.165, 1.54) is 0 Å². The van der Waals surface area contributed by atoms with E-state index < -0.39 is 0 Å². The molecule has 0 saturated carbocycles. The van der Waals surface area contributed by atoms with Crippen LogP contribution in [0.15, 0.2) is 0 Å². The molecular formula is C9H16N4. The number of nitrogen functional groups attached to an aromatic ring is 1. The highest BCUT2D eigenvalue weighted by molar-refractivity contribution is 5.32. The van der Waals surface area contributed by atoms with E-state index >= 15 is 0 Å². The van der Waals surface area contributed by atoms with Crippen molar-refractivity contribution < 1.29 is 0 Å². The van der Waals surface area contributed by atoms with Gasteiger partial charge in [0.2, 0.25) is 5.95 Å². The molecule has 4 nitrogen and oxygen atoms in total. The van der Waals surface area contributed by atoms with Crippen molar-refractivity contribution in [3.8, 4) is 0 Å². The number of rotatable bonds is 2. The zero-order valence-electron chi connectivity index (χ0n) is 8.33. The van der Waals surface area contributed by atoms with Gasteiger partial charge in [-0.05, 0) is 19.4 Å². The molecule has 0 fully saturated rings. The third-order valence-corrected chi connectivity index (χ3v) is 2.26. The van der Waals surface area contributed by atoms with Gasteiger partial charge in [-0.15, -0.1) is 0 Å². The Hall–Kier alpha value is -1.16. The summed E-state index contributed by atoms with van der Waals surface area (Å²) in [5.41, 5.74) is 14.1. The number of hydrogen-bond donors (Lipinski definition) is 2. The second-order valence-electron chi connectivity index (χ2n) is 3.31. The molecule has 0 aliphatic heterocycles. The Labute approximate surface area is 78.4 Å². The number of nitrogens with zero attached hydrogens (tertiary/aromatic N) is 2. The highest BCUT2D eigenvalue weighted by atomic mass is 15.0. The number of aryl methyl sites for hydroxylation is 1. The van der Waals surface area contributed by atoms with Crippen molar-refractivity contribution in [1.82, 2.24) is 9.97 Å². The van der Waals surface area contributed by atoms with Crippen molar-refractivity contribution in [2.45, 2.75) is 26.7 Å². The molecule has 0 saturated heterocycles. The van der Waals surface area contributed by atoms with Gasteiger partial charge in [-0.2, -0.15) is 0 Å². The molecule has 1 unspecified atom stereocenters. The van der Waals surface area contributed by atoms with Crippen LogP contribution in [0.5, 0.6) is 0 Å². The summed E-state index contributed by atoms with van der Waals surface area (Å²) >= 11 is 0. The first-order valence-electron chi connectivity index (χ1n) is 4.37. The van der Waals surface area contributed by atoms with E-state index in [2.05, 4.69) is 9.97 Å². The first-order chi connectivity index (χ1) is 6.06. The number of hydrogen-bond acceptors (Lipinski definition) is 4. The summed E-state index contributed by atoms with van der Waals surface area (Å²) in [4.78, 5) is 8.27. The summed E-state index contributed by atoms with van der Waals surface area (Å²) in [5, 5.41) is 0. The predicted molar refractivity (Wildman–Crippen MR) is 53.4 cm³/mol. The molecule has 13 heavy (non-hydrogen) atoms. The molecule has 1 heterocycles. The molecule has 0 bridgehead atoms. The van der Waals surface area contributed by atoms with Crippen molar-refractivity contribution in [3.63, 3.8) is 0 Å². The fraction of sp³-hybridized carbons (Fsp3) is 0.556. The Bertz CT molecular complexity index is 309. The fourth-order valence-electron chi connectivity index (χ4n) is 1.26. The van der Waals surface area contributed by atoms with Crippen molar-refractivity contribution in [2.75, 3.05) is 12.3 Å². The quantitative estimate of drug-likeness (QED) is 0.703. The Balaban J connectivity index is 3.20. The van der Waals surface area contributed by atoms with Crippen molar-refractivity contribution in [1.29, 1.82) is 0 Å². The average molecular weight is 180 g/mol. The minimum atomic E-state index is 0.240. The molecule has 4 N–H and O–H groups in total. The maximum absolute atomic E-state index is 5.57. The van der Waals surface area contributed by atoms with Gasteiger partial charge in [0.15, 0.2) is 0 Å². The standard InChI is InChI=1S/C9H16N4/c1-5(4-10)8-6(2)7(3)12-9(11)13-8/h5H,4,10H2,1-3H3,(H2,11,12,13). The Kier molecular flexibility index (Phi) is 2.83. The van der Waals surface area contributed by atoms with E-state index in [-0.39, 0.29) is 5.92 Å². The van der Waals surface area contributed by atoms with Gasteiger partial charge in [-0.25, -0.2) is 9.97 Å². The Morgan fingerprint density at radius 2 is 1.92 bits per heavy atom. The Morgan fingerprint density at radius 3 is 2.46 bits per heavy atom. The SMILES string of the molecule is Cc1nc(N)nc(C(C)CN)c1C. The van der Waals surface area contributed by atoms with Crippen LogP contribution in [-0.2, 0) is 0 Å². The molecule has 1 rings (SSSR count). The minimum Gasteiger partial charge on any atom is -0.368 e. The zero-order valence-corrected chi connectivity index (χ0v) is 8.33. The molecule has 0 amide bonds. The average Bonchev–Trinajstić information content (AvgIpc) is 2.10. The van der Waals surface area contributed by atoms with Gasteiger partial charge in [0.25, 0.3) is 0 Å². The van der Waals surface area contributed by atoms with E-state index in [1.807, 2.05) is 20.8 Å². The highest BCUT2D eigenvalue weighted by Gasteiger charge is 2.11. The highest BCUT2D eigenvalue weighted by Crippen LogP contribution is 2.18. The van der Waals surface area contributed by atoms with Crippen LogP contribution in [0.3, 0.4) is 0 Å². The fourth-order valence-corrected chi connectivity index (χ4v) is 1.26. The van der Waals surface area contributed by atoms with Crippen molar-refractivity contribution in [3.05, 3.63) is 17.0 Å². The molecule has 0 aromatic carbocycles. The predicted octanol–water partition coefficient (Wildman–Crippen LogP) is 0.738. The molecule has 0 aliphatic carbocycles. The van der Waals surface area contributed by atoms with Crippen LogP contribution >= 0.6 is 0 Å². The molecule has 0 aliphatic rings. The lowest BCUT2D eigenvalue weighted by Crippen LogP contribution is -2.14. The van der Waals surface area contributed by atoms with Gasteiger partial charge in [0.1, 0.15) is 0 Å². The van der Waals surface area contributed by atoms with E-state index in [4.69, 9.17) is 11.5 Å². The van der Waals surface area contributed by atoms with E-state index in [1.54, 1.807) is 0 Å². The van der Waals surface area contributed by atoms with Crippen LogP contribution in [0.2, 0.25) is 0 Å². The Morgan fingerprint density at radius 1 is 1.31 bits per heavy atom. The van der Waals surface area contributed by atoms with Crippen molar-refractivity contribution >= 4 is 5.95 Å². The third-order valence-electron chi connectivity index (χ3n) is 2.26. The first kappa shape index (κ1) is 9.92. The molecule has 0 radical (unpaired) electrons. The van der Waals surface area contributed by atoms with Crippen LogP contribution in [0.1, 0.15) is 29.8 Å². The van der Waals surface area contributed by atoms with Crippen LogP contribution in [0.4, 0.5) is 5.95 Å². The van der Waals surface area contributed by atoms with Crippen LogP contribution < -0.4 is 11.5 Å². The third kappa shape index (κ3) is 1.95. The summed E-state index contributed by atoms with van der Waals surface area (Å²) in [6, 6.07) is 0. The maximum Gasteiger partial charge on any atom is 0.220 e. The topological polar surface area (TPSA) is 77.8 Å².